The van der Waals surface area contributed by atoms with Crippen molar-refractivity contribution in [3.63, 3.8) is 0 Å². The van der Waals surface area contributed by atoms with E-state index < -0.39 is 18.3 Å². The highest BCUT2D eigenvalue weighted by atomic mass is 35.5. The molecule has 132 valence electrons. The zero-order chi connectivity index (χ0) is 18.2. The van der Waals surface area contributed by atoms with Gasteiger partial charge in [-0.1, -0.05) is 53.5 Å². The number of hydrogen-bond acceptors (Lipinski definition) is 3. The van der Waals surface area contributed by atoms with Gasteiger partial charge in [-0.2, -0.15) is 0 Å². The first-order valence-corrected chi connectivity index (χ1v) is 8.94. The van der Waals surface area contributed by atoms with E-state index in [9.17, 15) is 0 Å². The number of ether oxygens (including phenoxy) is 1. The summed E-state index contributed by atoms with van der Waals surface area (Å²) in [6, 6.07) is 13.7. The molecule has 0 bridgehead atoms. The van der Waals surface area contributed by atoms with E-state index in [1.54, 1.807) is 7.11 Å². The molecule has 1 heterocycles. The summed E-state index contributed by atoms with van der Waals surface area (Å²) < 4.78 is 17.9. The van der Waals surface area contributed by atoms with Gasteiger partial charge in [0.1, 0.15) is 10.8 Å². The average molecular weight is 379 g/mol. The summed E-state index contributed by atoms with van der Waals surface area (Å²) in [5.41, 5.74) is 0.980. The van der Waals surface area contributed by atoms with Gasteiger partial charge in [0.15, 0.2) is 0 Å². The molecule has 6 heteroatoms. The molecular formula is C19H21BCl2O3. The van der Waals surface area contributed by atoms with Crippen LogP contribution < -0.4 is 10.2 Å². The summed E-state index contributed by atoms with van der Waals surface area (Å²) in [6.07, 6.45) is 0.622. The quantitative estimate of drug-likeness (QED) is 0.731. The Bertz CT molecular complexity index is 767. The lowest BCUT2D eigenvalue weighted by Gasteiger charge is -2.36. The summed E-state index contributed by atoms with van der Waals surface area (Å²) in [5.74, 6) is 0.559. The van der Waals surface area contributed by atoms with Crippen LogP contribution in [0.25, 0.3) is 0 Å². The van der Waals surface area contributed by atoms with Crippen molar-refractivity contribution in [2.75, 3.05) is 7.11 Å². The van der Waals surface area contributed by atoms with Crippen molar-refractivity contribution in [1.82, 2.24) is 0 Å². The van der Waals surface area contributed by atoms with Crippen LogP contribution in [-0.4, -0.2) is 25.4 Å². The zero-order valence-corrected chi connectivity index (χ0v) is 16.3. The standard InChI is InChI=1S/C19H21BCl2O3/c1-18(2)19(3,25-20(24-18)14-8-6-5-7-9-14)12-13-10-15(21)17(22)16(11-13)23-4/h5-11H,12H2,1-4H3. The minimum absolute atomic E-state index is 0.397. The molecule has 3 rings (SSSR count). The van der Waals surface area contributed by atoms with Gasteiger partial charge in [0, 0.05) is 6.42 Å². The van der Waals surface area contributed by atoms with Crippen molar-refractivity contribution in [1.29, 1.82) is 0 Å². The lowest BCUT2D eigenvalue weighted by Crippen LogP contribution is -2.46. The first-order chi connectivity index (χ1) is 11.8. The van der Waals surface area contributed by atoms with Crippen LogP contribution in [0.4, 0.5) is 0 Å². The maximum Gasteiger partial charge on any atom is 0.494 e. The Morgan fingerprint density at radius 1 is 1.04 bits per heavy atom. The van der Waals surface area contributed by atoms with Gasteiger partial charge in [0.25, 0.3) is 0 Å². The smallest absolute Gasteiger partial charge is 0.494 e. The third kappa shape index (κ3) is 3.54. The molecule has 1 aliphatic rings. The summed E-state index contributed by atoms with van der Waals surface area (Å²) >= 11 is 12.4. The van der Waals surface area contributed by atoms with Crippen LogP contribution in [-0.2, 0) is 15.7 Å². The molecule has 1 atom stereocenters. The van der Waals surface area contributed by atoms with E-state index in [4.69, 9.17) is 37.2 Å². The molecule has 0 N–H and O–H groups in total. The number of hydrogen-bond donors (Lipinski definition) is 0. The van der Waals surface area contributed by atoms with Gasteiger partial charge in [-0.05, 0) is 43.9 Å². The molecule has 25 heavy (non-hydrogen) atoms. The van der Waals surface area contributed by atoms with Crippen LogP contribution in [0.15, 0.2) is 42.5 Å². The topological polar surface area (TPSA) is 27.7 Å². The fourth-order valence-electron chi connectivity index (χ4n) is 3.05. The molecule has 1 fully saturated rings. The Morgan fingerprint density at radius 3 is 2.36 bits per heavy atom. The van der Waals surface area contributed by atoms with E-state index in [-0.39, 0.29) is 0 Å². The van der Waals surface area contributed by atoms with Gasteiger partial charge < -0.3 is 14.0 Å². The van der Waals surface area contributed by atoms with Gasteiger partial charge in [0.2, 0.25) is 0 Å². The first-order valence-electron chi connectivity index (χ1n) is 8.18. The molecule has 0 saturated carbocycles. The van der Waals surface area contributed by atoms with Crippen LogP contribution in [0.3, 0.4) is 0 Å². The van der Waals surface area contributed by atoms with Crippen LogP contribution in [0.2, 0.25) is 10.0 Å². The third-order valence-corrected chi connectivity index (χ3v) is 5.71. The van der Waals surface area contributed by atoms with Crippen molar-refractivity contribution >= 4 is 35.8 Å². The second kappa shape index (κ2) is 6.84. The van der Waals surface area contributed by atoms with E-state index >= 15 is 0 Å². The normalized spacial score (nSPS) is 22.2. The lowest BCUT2D eigenvalue weighted by molar-refractivity contribution is -0.00879. The Labute approximate surface area is 159 Å². The second-order valence-corrected chi connectivity index (χ2v) is 7.78. The highest BCUT2D eigenvalue weighted by Gasteiger charge is 2.54. The maximum absolute atomic E-state index is 6.36. The van der Waals surface area contributed by atoms with Crippen molar-refractivity contribution < 1.29 is 14.0 Å². The fourth-order valence-corrected chi connectivity index (χ4v) is 3.47. The number of halogens is 2. The molecule has 0 radical (unpaired) electrons. The highest BCUT2D eigenvalue weighted by Crippen LogP contribution is 2.41. The molecule has 3 nitrogen and oxygen atoms in total. The Balaban J connectivity index is 1.89. The average Bonchev–Trinajstić information content (AvgIpc) is 2.81. The van der Waals surface area contributed by atoms with Crippen molar-refractivity contribution in [2.45, 2.75) is 38.4 Å². The molecule has 1 aliphatic heterocycles. The van der Waals surface area contributed by atoms with Gasteiger partial charge >= 0.3 is 7.12 Å². The summed E-state index contributed by atoms with van der Waals surface area (Å²) in [7, 11) is 1.18. The first kappa shape index (κ1) is 18.6. The van der Waals surface area contributed by atoms with Crippen molar-refractivity contribution in [3.8, 4) is 5.75 Å². The monoisotopic (exact) mass is 378 g/mol. The molecule has 1 saturated heterocycles. The highest BCUT2D eigenvalue weighted by molar-refractivity contribution is 6.62. The van der Waals surface area contributed by atoms with Crippen molar-refractivity contribution in [2.24, 2.45) is 0 Å². The molecule has 0 spiro atoms. The van der Waals surface area contributed by atoms with Crippen LogP contribution in [0.5, 0.6) is 5.75 Å². The number of methoxy groups -OCH3 is 1. The minimum Gasteiger partial charge on any atom is -0.495 e. The lowest BCUT2D eigenvalue weighted by atomic mass is 9.79. The third-order valence-electron chi connectivity index (χ3n) is 4.93. The Morgan fingerprint density at radius 2 is 1.72 bits per heavy atom. The Hall–Kier alpha value is -1.20. The summed E-state index contributed by atoms with van der Waals surface area (Å²) in [5, 5.41) is 0.888. The summed E-state index contributed by atoms with van der Waals surface area (Å²) in [6.45, 7) is 6.15. The largest absolute Gasteiger partial charge is 0.495 e. The van der Waals surface area contributed by atoms with Crippen LogP contribution in [0.1, 0.15) is 26.3 Å². The number of benzene rings is 2. The van der Waals surface area contributed by atoms with Gasteiger partial charge in [0.05, 0.1) is 23.3 Å². The van der Waals surface area contributed by atoms with Crippen LogP contribution >= 0.6 is 23.2 Å². The summed E-state index contributed by atoms with van der Waals surface area (Å²) in [4.78, 5) is 0. The van der Waals surface area contributed by atoms with E-state index in [0.717, 1.165) is 11.0 Å². The molecule has 2 aromatic rings. The predicted molar refractivity (Wildman–Crippen MR) is 103 cm³/mol. The van der Waals surface area contributed by atoms with Gasteiger partial charge in [-0.3, -0.25) is 0 Å². The SMILES string of the molecule is COc1cc(CC2(C)OB(c3ccccc3)OC2(C)C)cc(Cl)c1Cl. The van der Waals surface area contributed by atoms with E-state index in [1.165, 1.54) is 0 Å². The molecule has 0 aromatic heterocycles. The molecule has 0 amide bonds. The molecule has 0 aliphatic carbocycles. The molecule has 2 aromatic carbocycles. The fraction of sp³-hybridized carbons (Fsp3) is 0.368. The molecular weight excluding hydrogens is 358 g/mol. The maximum atomic E-state index is 6.36. The van der Waals surface area contributed by atoms with E-state index in [0.29, 0.717) is 22.2 Å². The predicted octanol–water partition coefficient (Wildman–Crippen LogP) is 4.52. The molecule has 1 unspecified atom stereocenters. The Kier molecular flexibility index (Phi) is 5.09. The van der Waals surface area contributed by atoms with E-state index in [1.807, 2.05) is 56.3 Å². The van der Waals surface area contributed by atoms with Crippen molar-refractivity contribution in [3.05, 3.63) is 58.1 Å². The van der Waals surface area contributed by atoms with Gasteiger partial charge in [-0.25, -0.2) is 0 Å². The second-order valence-electron chi connectivity index (χ2n) is 6.99. The van der Waals surface area contributed by atoms with Gasteiger partial charge in [-0.15, -0.1) is 0 Å². The van der Waals surface area contributed by atoms with Crippen LogP contribution in [0, 0.1) is 0 Å². The zero-order valence-electron chi connectivity index (χ0n) is 14.8. The number of rotatable bonds is 4. The van der Waals surface area contributed by atoms with E-state index in [2.05, 4.69) is 6.92 Å². The minimum atomic E-state index is -0.532.